The van der Waals surface area contributed by atoms with Gasteiger partial charge in [-0.1, -0.05) is 12.1 Å². The van der Waals surface area contributed by atoms with Crippen LogP contribution in [0.15, 0.2) is 41.2 Å². The number of pyridine rings is 1. The van der Waals surface area contributed by atoms with Gasteiger partial charge in [0.15, 0.2) is 0 Å². The highest BCUT2D eigenvalue weighted by Gasteiger charge is 2.35. The first-order valence-electron chi connectivity index (χ1n) is 9.34. The van der Waals surface area contributed by atoms with Crippen molar-refractivity contribution in [1.82, 2.24) is 9.47 Å². The Kier molecular flexibility index (Phi) is 4.66. The minimum Gasteiger partial charge on any atom is -0.486 e. The van der Waals surface area contributed by atoms with Gasteiger partial charge in [0.2, 0.25) is 0 Å². The molecule has 0 spiro atoms. The summed E-state index contributed by atoms with van der Waals surface area (Å²) >= 11 is 0. The fraction of sp³-hybridized carbons (Fsp3) is 0.381. The Morgan fingerprint density at radius 3 is 2.36 bits per heavy atom. The Morgan fingerprint density at radius 2 is 1.75 bits per heavy atom. The number of rotatable bonds is 5. The lowest BCUT2D eigenvalue weighted by Gasteiger charge is -2.39. The SMILES string of the molecule is COC(=O)c1ccccc1C(=O)N1CC(Oc2cc(C)n(C3CC3)c(=O)c2)C1. The van der Waals surface area contributed by atoms with Crippen LogP contribution in [0.2, 0.25) is 0 Å². The molecule has 1 saturated heterocycles. The predicted molar refractivity (Wildman–Crippen MR) is 102 cm³/mol. The van der Waals surface area contributed by atoms with E-state index in [1.54, 1.807) is 29.2 Å². The minimum atomic E-state index is -0.538. The number of aryl methyl sites for hydroxylation is 1. The average molecular weight is 382 g/mol. The number of carbonyl (C=O) groups is 2. The molecule has 4 rings (SSSR count). The molecule has 146 valence electrons. The summed E-state index contributed by atoms with van der Waals surface area (Å²) in [6.45, 7) is 2.71. The van der Waals surface area contributed by atoms with E-state index in [1.807, 2.05) is 17.6 Å². The second-order valence-corrected chi connectivity index (χ2v) is 7.26. The van der Waals surface area contributed by atoms with Gasteiger partial charge in [0.1, 0.15) is 11.9 Å². The van der Waals surface area contributed by atoms with E-state index in [-0.39, 0.29) is 23.1 Å². The molecule has 7 nitrogen and oxygen atoms in total. The maximum atomic E-state index is 12.7. The molecule has 1 aromatic carbocycles. The molecule has 0 unspecified atom stereocenters. The lowest BCUT2D eigenvalue weighted by atomic mass is 10.0. The van der Waals surface area contributed by atoms with Crippen molar-refractivity contribution in [1.29, 1.82) is 0 Å². The summed E-state index contributed by atoms with van der Waals surface area (Å²) < 4.78 is 12.4. The molecular formula is C21H22N2O5. The molecule has 1 aromatic heterocycles. The second kappa shape index (κ2) is 7.14. The van der Waals surface area contributed by atoms with Gasteiger partial charge in [0.25, 0.3) is 11.5 Å². The van der Waals surface area contributed by atoms with E-state index in [0.717, 1.165) is 18.5 Å². The Hall–Kier alpha value is -3.09. The molecular weight excluding hydrogens is 360 g/mol. The summed E-state index contributed by atoms with van der Waals surface area (Å²) in [6.07, 6.45) is 1.92. The molecule has 2 aliphatic rings. The molecule has 1 aliphatic heterocycles. The summed E-state index contributed by atoms with van der Waals surface area (Å²) in [7, 11) is 1.29. The molecule has 2 aromatic rings. The number of hydrogen-bond acceptors (Lipinski definition) is 5. The first kappa shape index (κ1) is 18.3. The van der Waals surface area contributed by atoms with Gasteiger partial charge in [-0.3, -0.25) is 9.59 Å². The van der Waals surface area contributed by atoms with Crippen LogP contribution >= 0.6 is 0 Å². The Morgan fingerprint density at radius 1 is 1.07 bits per heavy atom. The van der Waals surface area contributed by atoms with Gasteiger partial charge < -0.3 is 18.9 Å². The van der Waals surface area contributed by atoms with Crippen LogP contribution in [0.4, 0.5) is 0 Å². The van der Waals surface area contributed by atoms with Gasteiger partial charge in [-0.15, -0.1) is 0 Å². The largest absolute Gasteiger partial charge is 0.486 e. The maximum absolute atomic E-state index is 12.7. The van der Waals surface area contributed by atoms with Crippen molar-refractivity contribution in [2.24, 2.45) is 0 Å². The van der Waals surface area contributed by atoms with Crippen molar-refractivity contribution in [2.45, 2.75) is 31.9 Å². The van der Waals surface area contributed by atoms with Crippen molar-refractivity contribution in [2.75, 3.05) is 20.2 Å². The number of hydrogen-bond donors (Lipinski definition) is 0. The van der Waals surface area contributed by atoms with Crippen LogP contribution in [-0.4, -0.2) is 47.6 Å². The zero-order chi connectivity index (χ0) is 19.8. The molecule has 7 heteroatoms. The lowest BCUT2D eigenvalue weighted by Crippen LogP contribution is -2.56. The number of esters is 1. The normalized spacial score (nSPS) is 16.4. The molecule has 28 heavy (non-hydrogen) atoms. The van der Waals surface area contributed by atoms with Crippen LogP contribution in [0.3, 0.4) is 0 Å². The first-order valence-corrected chi connectivity index (χ1v) is 9.34. The van der Waals surface area contributed by atoms with Gasteiger partial charge in [-0.05, 0) is 38.0 Å². The number of benzene rings is 1. The minimum absolute atomic E-state index is 0.0447. The number of ether oxygens (including phenoxy) is 2. The number of methoxy groups -OCH3 is 1. The average Bonchev–Trinajstić information content (AvgIpc) is 3.47. The zero-order valence-corrected chi connectivity index (χ0v) is 15.9. The van der Waals surface area contributed by atoms with Crippen molar-refractivity contribution < 1.29 is 19.1 Å². The monoisotopic (exact) mass is 382 g/mol. The Balaban J connectivity index is 1.41. The van der Waals surface area contributed by atoms with Crippen LogP contribution in [0, 0.1) is 6.92 Å². The van der Waals surface area contributed by atoms with E-state index >= 15 is 0 Å². The van der Waals surface area contributed by atoms with E-state index in [0.29, 0.717) is 30.4 Å². The van der Waals surface area contributed by atoms with Crippen molar-refractivity contribution in [3.05, 3.63) is 63.6 Å². The Bertz CT molecular complexity index is 987. The van der Waals surface area contributed by atoms with E-state index in [2.05, 4.69) is 0 Å². The van der Waals surface area contributed by atoms with Gasteiger partial charge in [0, 0.05) is 17.8 Å². The Labute approximate surface area is 162 Å². The maximum Gasteiger partial charge on any atom is 0.338 e. The molecule has 1 amide bonds. The molecule has 2 heterocycles. The number of amides is 1. The third-order valence-electron chi connectivity index (χ3n) is 5.15. The topological polar surface area (TPSA) is 77.8 Å². The number of carbonyl (C=O) groups excluding carboxylic acids is 2. The fourth-order valence-corrected chi connectivity index (χ4v) is 3.55. The molecule has 0 N–H and O–H groups in total. The fourth-order valence-electron chi connectivity index (χ4n) is 3.55. The van der Waals surface area contributed by atoms with Gasteiger partial charge in [-0.25, -0.2) is 4.79 Å². The van der Waals surface area contributed by atoms with E-state index < -0.39 is 5.97 Å². The van der Waals surface area contributed by atoms with Gasteiger partial charge in [-0.2, -0.15) is 0 Å². The highest BCUT2D eigenvalue weighted by Crippen LogP contribution is 2.35. The van der Waals surface area contributed by atoms with Crippen LogP contribution < -0.4 is 10.3 Å². The van der Waals surface area contributed by atoms with E-state index in [9.17, 15) is 14.4 Å². The van der Waals surface area contributed by atoms with E-state index in [4.69, 9.17) is 9.47 Å². The highest BCUT2D eigenvalue weighted by molar-refractivity contribution is 6.05. The van der Waals surface area contributed by atoms with Crippen LogP contribution in [-0.2, 0) is 4.74 Å². The zero-order valence-electron chi connectivity index (χ0n) is 15.9. The van der Waals surface area contributed by atoms with Crippen molar-refractivity contribution >= 4 is 11.9 Å². The van der Waals surface area contributed by atoms with Crippen LogP contribution in [0.5, 0.6) is 5.75 Å². The van der Waals surface area contributed by atoms with Crippen molar-refractivity contribution in [3.8, 4) is 5.75 Å². The summed E-state index contributed by atoms with van der Waals surface area (Å²) in [5, 5.41) is 0. The third kappa shape index (κ3) is 3.40. The molecule has 2 fully saturated rings. The number of nitrogens with zero attached hydrogens (tertiary/aromatic N) is 2. The molecule has 0 radical (unpaired) electrons. The van der Waals surface area contributed by atoms with Crippen LogP contribution in [0.1, 0.15) is 45.3 Å². The lowest BCUT2D eigenvalue weighted by molar-refractivity contribution is 0.0174. The van der Waals surface area contributed by atoms with Gasteiger partial charge >= 0.3 is 5.97 Å². The summed E-state index contributed by atoms with van der Waals surface area (Å²) in [6, 6.07) is 10.3. The first-order chi connectivity index (χ1) is 13.5. The van der Waals surface area contributed by atoms with Gasteiger partial charge in [0.05, 0.1) is 31.3 Å². The standard InChI is InChI=1S/C21H22N2O5/c1-13-9-15(10-19(24)23(13)14-7-8-14)28-16-11-22(12-16)20(25)17-5-3-4-6-18(17)21(26)27-2/h3-6,9-10,14,16H,7-8,11-12H2,1-2H3. The predicted octanol–water partition coefficient (Wildman–Crippen LogP) is 2.18. The smallest absolute Gasteiger partial charge is 0.338 e. The number of likely N-dealkylation sites (tertiary alicyclic amines) is 1. The quantitative estimate of drug-likeness (QED) is 0.741. The molecule has 1 saturated carbocycles. The molecule has 0 atom stereocenters. The molecule has 1 aliphatic carbocycles. The number of aromatic nitrogens is 1. The van der Waals surface area contributed by atoms with Crippen molar-refractivity contribution in [3.63, 3.8) is 0 Å². The van der Waals surface area contributed by atoms with E-state index in [1.165, 1.54) is 13.2 Å². The highest BCUT2D eigenvalue weighted by atomic mass is 16.5. The second-order valence-electron chi connectivity index (χ2n) is 7.26. The van der Waals surface area contributed by atoms with Crippen LogP contribution in [0.25, 0.3) is 0 Å². The molecule has 0 bridgehead atoms. The summed E-state index contributed by atoms with van der Waals surface area (Å²) in [5.74, 6) is -0.239. The third-order valence-corrected chi connectivity index (χ3v) is 5.15. The summed E-state index contributed by atoms with van der Waals surface area (Å²) in [4.78, 5) is 38.5. The summed E-state index contributed by atoms with van der Waals surface area (Å²) in [5.41, 5.74) is 1.41.